The molecule has 2 amide bonds. The molecule has 0 aliphatic rings. The molecule has 0 aromatic heterocycles. The first-order valence-electron chi connectivity index (χ1n) is 11.1. The summed E-state index contributed by atoms with van der Waals surface area (Å²) in [5.41, 5.74) is 11.9. The molecule has 0 unspecified atom stereocenters. The topological polar surface area (TPSA) is 163 Å². The molecule has 0 bridgehead atoms. The first kappa shape index (κ1) is 29.1. The predicted molar refractivity (Wildman–Crippen MR) is 127 cm³/mol. The monoisotopic (exact) mass is 478 g/mol. The van der Waals surface area contributed by atoms with Gasteiger partial charge in [-0.05, 0) is 52.7 Å². The van der Waals surface area contributed by atoms with E-state index in [1.807, 2.05) is 0 Å². The predicted octanol–water partition coefficient (Wildman–Crippen LogP) is 1.04. The second kappa shape index (κ2) is 12.5. The van der Waals surface area contributed by atoms with Crippen LogP contribution in [0.3, 0.4) is 0 Å². The molecule has 1 rings (SSSR count). The summed E-state index contributed by atoms with van der Waals surface area (Å²) in [6.07, 6.45) is -0.421. The van der Waals surface area contributed by atoms with Crippen LogP contribution < -0.4 is 22.1 Å². The molecule has 2 atom stereocenters. The van der Waals surface area contributed by atoms with Gasteiger partial charge in [0.05, 0.1) is 24.9 Å². The maximum absolute atomic E-state index is 12.1. The number of rotatable bonds is 10. The molecule has 10 heteroatoms. The Morgan fingerprint density at radius 3 is 1.26 bits per heavy atom. The number of hydrogen-bond acceptors (Lipinski definition) is 8. The second-order valence-corrected chi connectivity index (χ2v) is 10.0. The van der Waals surface area contributed by atoms with Crippen LogP contribution in [0.1, 0.15) is 65.5 Å². The fourth-order valence-corrected chi connectivity index (χ4v) is 2.73. The third-order valence-corrected chi connectivity index (χ3v) is 4.24. The zero-order chi connectivity index (χ0) is 26.1. The van der Waals surface area contributed by atoms with Crippen molar-refractivity contribution in [1.29, 1.82) is 0 Å². The highest BCUT2D eigenvalue weighted by Crippen LogP contribution is 2.10. The van der Waals surface area contributed by atoms with Gasteiger partial charge in [0.25, 0.3) is 0 Å². The third kappa shape index (κ3) is 12.3. The maximum atomic E-state index is 12.1. The summed E-state index contributed by atoms with van der Waals surface area (Å²) < 4.78 is 10.3. The molecule has 34 heavy (non-hydrogen) atoms. The molecule has 0 fully saturated rings. The quantitative estimate of drug-likeness (QED) is 0.362. The molecule has 0 saturated carbocycles. The molecule has 0 radical (unpaired) electrons. The molecule has 6 N–H and O–H groups in total. The lowest BCUT2D eigenvalue weighted by atomic mass is 10.1. The van der Waals surface area contributed by atoms with Gasteiger partial charge in [-0.15, -0.1) is 0 Å². The van der Waals surface area contributed by atoms with Crippen molar-refractivity contribution >= 4 is 23.8 Å². The highest BCUT2D eigenvalue weighted by atomic mass is 16.6. The van der Waals surface area contributed by atoms with E-state index >= 15 is 0 Å². The SMILES string of the molecule is CC(C)(C)OC(=O)C[C@H](N)C(=O)NCc1ccc(CNC(=O)[C@@H](N)CC(=O)OC(C)(C)C)cc1. The lowest BCUT2D eigenvalue weighted by Crippen LogP contribution is -2.42. The zero-order valence-electron chi connectivity index (χ0n) is 20.9. The van der Waals surface area contributed by atoms with E-state index in [9.17, 15) is 19.2 Å². The Balaban J connectivity index is 2.44. The van der Waals surface area contributed by atoms with Crippen molar-refractivity contribution in [3.05, 3.63) is 35.4 Å². The number of amides is 2. The number of nitrogens with two attached hydrogens (primary N) is 2. The first-order chi connectivity index (χ1) is 15.6. The second-order valence-electron chi connectivity index (χ2n) is 10.0. The number of ether oxygens (including phenoxy) is 2. The number of benzene rings is 1. The molecule has 1 aromatic rings. The van der Waals surface area contributed by atoms with Crippen molar-refractivity contribution < 1.29 is 28.7 Å². The van der Waals surface area contributed by atoms with Crippen molar-refractivity contribution in [2.75, 3.05) is 0 Å². The van der Waals surface area contributed by atoms with Crippen LogP contribution in [0.15, 0.2) is 24.3 Å². The summed E-state index contributed by atoms with van der Waals surface area (Å²) in [5, 5.41) is 5.37. The molecule has 190 valence electrons. The molecule has 10 nitrogen and oxygen atoms in total. The number of hydrogen-bond donors (Lipinski definition) is 4. The van der Waals surface area contributed by atoms with Crippen LogP contribution in [0, 0.1) is 0 Å². The number of carbonyl (C=O) groups excluding carboxylic acids is 4. The maximum Gasteiger partial charge on any atom is 0.308 e. The van der Waals surface area contributed by atoms with E-state index in [1.165, 1.54) is 0 Å². The fraction of sp³-hybridized carbons (Fsp3) is 0.583. The summed E-state index contributed by atoms with van der Waals surface area (Å²) in [6, 6.07) is 5.16. The first-order valence-corrected chi connectivity index (χ1v) is 11.1. The Bertz CT molecular complexity index is 785. The van der Waals surface area contributed by atoms with E-state index in [-0.39, 0.29) is 25.9 Å². The summed E-state index contributed by atoms with van der Waals surface area (Å²) in [6.45, 7) is 10.9. The van der Waals surface area contributed by atoms with Gasteiger partial charge in [-0.25, -0.2) is 0 Å². The lowest BCUT2D eigenvalue weighted by Gasteiger charge is -2.21. The van der Waals surface area contributed by atoms with E-state index < -0.39 is 47.0 Å². The summed E-state index contributed by atoms with van der Waals surface area (Å²) in [5.74, 6) is -1.98. The Hall–Kier alpha value is -2.98. The van der Waals surface area contributed by atoms with Crippen molar-refractivity contribution in [2.24, 2.45) is 11.5 Å². The molecule has 0 aliphatic carbocycles. The van der Waals surface area contributed by atoms with Crippen LogP contribution in [-0.2, 0) is 41.7 Å². The Morgan fingerprint density at radius 2 is 1.00 bits per heavy atom. The molecule has 0 heterocycles. The van der Waals surface area contributed by atoms with E-state index in [0.29, 0.717) is 0 Å². The van der Waals surface area contributed by atoms with Crippen LogP contribution >= 0.6 is 0 Å². The van der Waals surface area contributed by atoms with Gasteiger partial charge in [-0.1, -0.05) is 24.3 Å². The summed E-state index contributed by atoms with van der Waals surface area (Å²) in [7, 11) is 0. The molecule has 0 spiro atoms. The van der Waals surface area contributed by atoms with Crippen LogP contribution in [0.2, 0.25) is 0 Å². The van der Waals surface area contributed by atoms with Crippen molar-refractivity contribution in [3.8, 4) is 0 Å². The number of carbonyl (C=O) groups is 4. The normalized spacial score (nSPS) is 13.4. The van der Waals surface area contributed by atoms with Gasteiger partial charge in [-0.2, -0.15) is 0 Å². The van der Waals surface area contributed by atoms with Crippen LogP contribution in [0.25, 0.3) is 0 Å². The highest BCUT2D eigenvalue weighted by molar-refractivity contribution is 5.87. The smallest absolute Gasteiger partial charge is 0.308 e. The Labute approximate surface area is 201 Å². The Morgan fingerprint density at radius 1 is 0.706 bits per heavy atom. The minimum atomic E-state index is -1.01. The summed E-state index contributed by atoms with van der Waals surface area (Å²) in [4.78, 5) is 47.9. The van der Waals surface area contributed by atoms with Crippen LogP contribution in [-0.4, -0.2) is 47.0 Å². The Kier molecular flexibility index (Phi) is 10.7. The van der Waals surface area contributed by atoms with Gasteiger partial charge in [0.2, 0.25) is 11.8 Å². The van der Waals surface area contributed by atoms with Crippen molar-refractivity contribution in [1.82, 2.24) is 10.6 Å². The van der Waals surface area contributed by atoms with Crippen molar-refractivity contribution in [3.63, 3.8) is 0 Å². The van der Waals surface area contributed by atoms with Gasteiger partial charge in [0.15, 0.2) is 0 Å². The third-order valence-electron chi connectivity index (χ3n) is 4.24. The molecular formula is C24H38N4O6. The van der Waals surface area contributed by atoms with E-state index in [4.69, 9.17) is 20.9 Å². The van der Waals surface area contributed by atoms with Gasteiger partial charge in [0, 0.05) is 13.1 Å². The average Bonchev–Trinajstić information content (AvgIpc) is 2.67. The van der Waals surface area contributed by atoms with Gasteiger partial charge in [-0.3, -0.25) is 19.2 Å². The fourth-order valence-electron chi connectivity index (χ4n) is 2.73. The van der Waals surface area contributed by atoms with Gasteiger partial charge >= 0.3 is 11.9 Å². The van der Waals surface area contributed by atoms with Crippen molar-refractivity contribution in [2.45, 2.75) is 90.8 Å². The van der Waals surface area contributed by atoms with Gasteiger partial charge in [0.1, 0.15) is 11.2 Å². The molecular weight excluding hydrogens is 440 g/mol. The minimum absolute atomic E-state index is 0.211. The van der Waals surface area contributed by atoms with E-state index in [1.54, 1.807) is 65.8 Å². The molecule has 0 saturated heterocycles. The van der Waals surface area contributed by atoms with Gasteiger partial charge < -0.3 is 31.6 Å². The van der Waals surface area contributed by atoms with Crippen LogP contribution in [0.4, 0.5) is 0 Å². The summed E-state index contributed by atoms with van der Waals surface area (Å²) >= 11 is 0. The molecule has 1 aromatic carbocycles. The molecule has 0 aliphatic heterocycles. The number of esters is 2. The standard InChI is InChI=1S/C24H38N4O6/c1-23(2,3)33-19(29)11-17(25)21(31)27-13-15-7-9-16(10-8-15)14-28-22(32)18(26)12-20(30)34-24(4,5)6/h7-10,17-18H,11-14,25-26H2,1-6H3,(H,27,31)(H,28,32)/t17-,18-/m0/s1. The number of nitrogens with one attached hydrogen (secondary N) is 2. The minimum Gasteiger partial charge on any atom is -0.460 e. The highest BCUT2D eigenvalue weighted by Gasteiger charge is 2.23. The lowest BCUT2D eigenvalue weighted by molar-refractivity contribution is -0.157. The van der Waals surface area contributed by atoms with Crippen LogP contribution in [0.5, 0.6) is 0 Å². The largest absolute Gasteiger partial charge is 0.460 e. The average molecular weight is 479 g/mol. The zero-order valence-corrected chi connectivity index (χ0v) is 20.9. The van der Waals surface area contributed by atoms with E-state index in [0.717, 1.165) is 11.1 Å². The van der Waals surface area contributed by atoms with E-state index in [2.05, 4.69) is 10.6 Å².